The first kappa shape index (κ1) is 50.1. The van der Waals surface area contributed by atoms with Gasteiger partial charge in [0.15, 0.2) is 0 Å². The molecule has 0 aliphatic heterocycles. The number of allylic oxidation sites excluding steroid dienone is 2. The largest absolute Gasteiger partial charge is 0.394 e. The van der Waals surface area contributed by atoms with Crippen molar-refractivity contribution in [3.8, 4) is 0 Å². The lowest BCUT2D eigenvalue weighted by Crippen LogP contribution is -2.53. The van der Waals surface area contributed by atoms with E-state index in [9.17, 15) is 25.2 Å². The molecule has 0 saturated heterocycles. The summed E-state index contributed by atoms with van der Waals surface area (Å²) >= 11 is 0. The van der Waals surface area contributed by atoms with E-state index in [1.807, 2.05) is 0 Å². The maximum Gasteiger partial charge on any atom is 0.249 e. The molecule has 51 heavy (non-hydrogen) atoms. The van der Waals surface area contributed by atoms with Crippen molar-refractivity contribution in [1.82, 2.24) is 5.32 Å². The van der Waals surface area contributed by atoms with E-state index in [4.69, 9.17) is 0 Å². The molecule has 6 heteroatoms. The average Bonchev–Trinajstić information content (AvgIpc) is 3.13. The number of hydrogen-bond acceptors (Lipinski definition) is 5. The van der Waals surface area contributed by atoms with Gasteiger partial charge in [-0.25, -0.2) is 0 Å². The van der Waals surface area contributed by atoms with Crippen molar-refractivity contribution in [3.05, 3.63) is 12.2 Å². The Hall–Kier alpha value is -0.950. The molecule has 0 heterocycles. The van der Waals surface area contributed by atoms with Crippen molar-refractivity contribution < 1.29 is 25.2 Å². The third kappa shape index (κ3) is 34.6. The molecule has 4 atom stereocenters. The fraction of sp³-hybridized carbons (Fsp3) is 0.933. The molecule has 0 aromatic heterocycles. The molecule has 0 rings (SSSR count). The lowest BCUT2D eigenvalue weighted by molar-refractivity contribution is -0.132. The fourth-order valence-electron chi connectivity index (χ4n) is 7.11. The first-order chi connectivity index (χ1) is 25.0. The smallest absolute Gasteiger partial charge is 0.249 e. The highest BCUT2D eigenvalue weighted by Crippen LogP contribution is 2.17. The van der Waals surface area contributed by atoms with E-state index in [1.54, 1.807) is 0 Å². The summed E-state index contributed by atoms with van der Waals surface area (Å²) in [6.07, 6.45) is 44.0. The van der Waals surface area contributed by atoms with Gasteiger partial charge in [-0.3, -0.25) is 4.79 Å². The zero-order valence-electron chi connectivity index (χ0n) is 34.1. The summed E-state index contributed by atoms with van der Waals surface area (Å²) in [5.41, 5.74) is 0. The number of unbranched alkanes of at least 4 members (excludes halogenated alkanes) is 30. The summed E-state index contributed by atoms with van der Waals surface area (Å²) < 4.78 is 0. The molecule has 4 unspecified atom stereocenters. The predicted octanol–water partition coefficient (Wildman–Crippen LogP) is 11.8. The quantitative estimate of drug-likeness (QED) is 0.0319. The van der Waals surface area contributed by atoms with Crippen LogP contribution in [-0.2, 0) is 4.79 Å². The topological polar surface area (TPSA) is 110 Å². The van der Waals surface area contributed by atoms with Crippen LogP contribution in [0, 0.1) is 0 Å². The highest BCUT2D eigenvalue weighted by atomic mass is 16.3. The minimum atomic E-state index is -1.26. The Bertz CT molecular complexity index is 731. The standard InChI is InChI=1S/C45H89NO5/c1-3-5-7-9-11-13-15-17-18-19-20-21-22-23-24-25-26-27-29-30-32-34-36-38-42(48)44(50)41(40-47)46-45(51)43(49)39-37-35-33-31-28-16-14-12-10-8-6-4-2/h28,31,41-44,47-50H,3-27,29-30,32-40H2,1-2H3,(H,46,51)/b31-28-. The second-order valence-corrected chi connectivity index (χ2v) is 15.8. The summed E-state index contributed by atoms with van der Waals surface area (Å²) in [4.78, 5) is 12.5. The minimum absolute atomic E-state index is 0.341. The second-order valence-electron chi connectivity index (χ2n) is 15.8. The highest BCUT2D eigenvalue weighted by molar-refractivity contribution is 5.80. The zero-order chi connectivity index (χ0) is 37.5. The van der Waals surface area contributed by atoms with Crippen LogP contribution in [0.4, 0.5) is 0 Å². The van der Waals surface area contributed by atoms with Crippen LogP contribution < -0.4 is 5.32 Å². The normalized spacial score (nSPS) is 14.2. The number of aliphatic hydroxyl groups is 4. The summed E-state index contributed by atoms with van der Waals surface area (Å²) in [6.45, 7) is 4.04. The second kappa shape index (κ2) is 40.2. The van der Waals surface area contributed by atoms with Crippen molar-refractivity contribution >= 4 is 5.91 Å². The molecule has 0 spiro atoms. The lowest BCUT2D eigenvalue weighted by Gasteiger charge is -2.27. The van der Waals surface area contributed by atoms with Gasteiger partial charge in [-0.05, 0) is 38.5 Å². The summed E-state index contributed by atoms with van der Waals surface area (Å²) in [5.74, 6) is -0.599. The van der Waals surface area contributed by atoms with Gasteiger partial charge < -0.3 is 25.7 Å². The van der Waals surface area contributed by atoms with Crippen LogP contribution in [0.25, 0.3) is 0 Å². The first-order valence-corrected chi connectivity index (χ1v) is 22.6. The Morgan fingerprint density at radius 3 is 1.16 bits per heavy atom. The molecule has 5 N–H and O–H groups in total. The lowest BCUT2D eigenvalue weighted by atomic mass is 9.99. The SMILES string of the molecule is CCCCCCCC/C=C\CCCCC(O)C(=O)NC(CO)C(O)C(O)CCCCCCCCCCCCCCCCCCCCCCCCC. The Morgan fingerprint density at radius 1 is 0.471 bits per heavy atom. The van der Waals surface area contributed by atoms with Crippen molar-refractivity contribution in [2.45, 2.75) is 263 Å². The number of amides is 1. The average molecular weight is 724 g/mol. The number of nitrogens with one attached hydrogen (secondary N) is 1. The van der Waals surface area contributed by atoms with Crippen LogP contribution in [-0.4, -0.2) is 57.3 Å². The fourth-order valence-corrected chi connectivity index (χ4v) is 7.11. The zero-order valence-corrected chi connectivity index (χ0v) is 34.1. The van der Waals surface area contributed by atoms with Crippen LogP contribution in [0.2, 0.25) is 0 Å². The molecule has 0 fully saturated rings. The Kier molecular flexibility index (Phi) is 39.5. The number of aliphatic hydroxyl groups excluding tert-OH is 4. The van der Waals surface area contributed by atoms with Gasteiger partial charge in [0, 0.05) is 0 Å². The molecule has 304 valence electrons. The van der Waals surface area contributed by atoms with Crippen molar-refractivity contribution in [2.24, 2.45) is 0 Å². The van der Waals surface area contributed by atoms with Crippen molar-refractivity contribution in [2.75, 3.05) is 6.61 Å². The van der Waals surface area contributed by atoms with E-state index in [0.717, 1.165) is 44.9 Å². The summed E-state index contributed by atoms with van der Waals surface area (Å²) in [6, 6.07) is -0.989. The first-order valence-electron chi connectivity index (χ1n) is 22.6. The molecule has 0 saturated carbocycles. The number of carbonyl (C=O) groups is 1. The van der Waals surface area contributed by atoms with Gasteiger partial charge in [-0.2, -0.15) is 0 Å². The van der Waals surface area contributed by atoms with E-state index >= 15 is 0 Å². The Labute approximate surface area is 317 Å². The monoisotopic (exact) mass is 724 g/mol. The number of rotatable bonds is 41. The molecule has 0 bridgehead atoms. The molecular formula is C45H89NO5. The number of carbonyl (C=O) groups excluding carboxylic acids is 1. The third-order valence-electron chi connectivity index (χ3n) is 10.7. The van der Waals surface area contributed by atoms with E-state index < -0.39 is 36.9 Å². The molecule has 0 aromatic carbocycles. The van der Waals surface area contributed by atoms with E-state index in [1.165, 1.54) is 167 Å². The maximum atomic E-state index is 12.5. The van der Waals surface area contributed by atoms with Gasteiger partial charge in [-0.15, -0.1) is 0 Å². The molecule has 0 aromatic rings. The van der Waals surface area contributed by atoms with Crippen molar-refractivity contribution in [3.63, 3.8) is 0 Å². The number of hydrogen-bond donors (Lipinski definition) is 5. The van der Waals surface area contributed by atoms with Gasteiger partial charge >= 0.3 is 0 Å². The minimum Gasteiger partial charge on any atom is -0.394 e. The summed E-state index contributed by atoms with van der Waals surface area (Å²) in [7, 11) is 0. The molecule has 0 aliphatic carbocycles. The molecular weight excluding hydrogens is 634 g/mol. The predicted molar refractivity (Wildman–Crippen MR) is 219 cm³/mol. The third-order valence-corrected chi connectivity index (χ3v) is 10.7. The Balaban J connectivity index is 3.67. The van der Waals surface area contributed by atoms with Crippen LogP contribution in [0.15, 0.2) is 12.2 Å². The molecule has 1 amide bonds. The van der Waals surface area contributed by atoms with E-state index in [0.29, 0.717) is 12.8 Å². The summed E-state index contributed by atoms with van der Waals surface area (Å²) in [5, 5.41) is 43.6. The van der Waals surface area contributed by atoms with Crippen LogP contribution in [0.5, 0.6) is 0 Å². The van der Waals surface area contributed by atoms with Crippen LogP contribution in [0.3, 0.4) is 0 Å². The van der Waals surface area contributed by atoms with Crippen molar-refractivity contribution in [1.29, 1.82) is 0 Å². The van der Waals surface area contributed by atoms with E-state index in [-0.39, 0.29) is 0 Å². The molecule has 0 radical (unpaired) electrons. The van der Waals surface area contributed by atoms with Gasteiger partial charge in [-0.1, -0.05) is 212 Å². The Morgan fingerprint density at radius 2 is 0.784 bits per heavy atom. The highest BCUT2D eigenvalue weighted by Gasteiger charge is 2.28. The van der Waals surface area contributed by atoms with Gasteiger partial charge in [0.2, 0.25) is 5.91 Å². The van der Waals surface area contributed by atoms with Gasteiger partial charge in [0.25, 0.3) is 0 Å². The molecule has 6 nitrogen and oxygen atoms in total. The molecule has 0 aliphatic rings. The van der Waals surface area contributed by atoms with Crippen LogP contribution in [0.1, 0.15) is 239 Å². The van der Waals surface area contributed by atoms with Gasteiger partial charge in [0.1, 0.15) is 12.2 Å². The van der Waals surface area contributed by atoms with Gasteiger partial charge in [0.05, 0.1) is 18.8 Å². The maximum absolute atomic E-state index is 12.5. The van der Waals surface area contributed by atoms with E-state index in [2.05, 4.69) is 31.3 Å². The van der Waals surface area contributed by atoms with Crippen LogP contribution >= 0.6 is 0 Å².